The van der Waals surface area contributed by atoms with Crippen LogP contribution in [0.5, 0.6) is 0 Å². The van der Waals surface area contributed by atoms with Crippen LogP contribution in [0.15, 0.2) is 0 Å². The highest BCUT2D eigenvalue weighted by Crippen LogP contribution is 2.70. The van der Waals surface area contributed by atoms with E-state index in [0.29, 0.717) is 0 Å². The fourth-order valence-electron chi connectivity index (χ4n) is 0.843. The smallest absolute Gasteiger partial charge is 0.0230 e. The van der Waals surface area contributed by atoms with Gasteiger partial charge >= 0.3 is 0 Å². The normalized spacial score (nSPS) is 73.0. The molecular formula is C4H4Br2. The molecule has 6 heavy (non-hydrogen) atoms. The summed E-state index contributed by atoms with van der Waals surface area (Å²) in [6, 6.07) is 0. The molecule has 0 spiro atoms. The third-order valence-electron chi connectivity index (χ3n) is 1.63. The molecule has 0 radical (unpaired) electrons. The minimum absolute atomic E-state index is 0.891. The maximum atomic E-state index is 3.51. The first kappa shape index (κ1) is 3.90. The van der Waals surface area contributed by atoms with Gasteiger partial charge in [-0.25, -0.2) is 0 Å². The lowest BCUT2D eigenvalue weighted by atomic mass is 10.4. The molecule has 0 atom stereocenters. The highest BCUT2D eigenvalue weighted by Gasteiger charge is 2.71. The summed E-state index contributed by atoms with van der Waals surface area (Å²) in [5, 5.41) is 0. The average molecular weight is 212 g/mol. The van der Waals surface area contributed by atoms with Crippen LogP contribution in [-0.2, 0) is 0 Å². The van der Waals surface area contributed by atoms with Gasteiger partial charge in [-0.15, -0.1) is 0 Å². The maximum absolute atomic E-state index is 3.51. The Bertz CT molecular complexity index is 71.5. The summed E-state index contributed by atoms with van der Waals surface area (Å²) in [4.78, 5) is 1.78. The topological polar surface area (TPSA) is 0 Å². The molecule has 0 unspecified atom stereocenters. The van der Waals surface area contributed by atoms with E-state index in [1.54, 1.807) is 0 Å². The molecule has 0 N–H and O–H groups in total. The Labute approximate surface area is 53.6 Å². The van der Waals surface area contributed by atoms with Gasteiger partial charge in [-0.3, -0.25) is 0 Å². The standard InChI is InChI=1S/C4H4Br2/c5-3-1-2(3)4(1)6/h1-4H. The van der Waals surface area contributed by atoms with Crippen molar-refractivity contribution in [3.05, 3.63) is 0 Å². The van der Waals surface area contributed by atoms with Gasteiger partial charge in [-0.05, 0) is 11.8 Å². The zero-order valence-corrected chi connectivity index (χ0v) is 6.24. The summed E-state index contributed by atoms with van der Waals surface area (Å²) >= 11 is 7.02. The quantitative estimate of drug-likeness (QED) is 0.536. The Kier molecular flexibility index (Phi) is 0.568. The second-order valence-electron chi connectivity index (χ2n) is 2.04. The van der Waals surface area contributed by atoms with Crippen LogP contribution in [0.2, 0.25) is 0 Å². The molecule has 2 fully saturated rings. The summed E-state index contributed by atoms with van der Waals surface area (Å²) in [5.41, 5.74) is 0. The van der Waals surface area contributed by atoms with Gasteiger partial charge in [0.05, 0.1) is 0 Å². The summed E-state index contributed by atoms with van der Waals surface area (Å²) in [6.45, 7) is 0. The second kappa shape index (κ2) is 0.873. The van der Waals surface area contributed by atoms with Crippen LogP contribution in [0.3, 0.4) is 0 Å². The Hall–Kier alpha value is 0.960. The second-order valence-corrected chi connectivity index (χ2v) is 4.16. The zero-order valence-electron chi connectivity index (χ0n) is 3.07. The fourth-order valence-corrected chi connectivity index (χ4v) is 4.03. The number of rotatable bonds is 0. The minimum Gasteiger partial charge on any atom is -0.0884 e. The molecule has 2 aliphatic carbocycles. The number of hydrogen-bond acceptors (Lipinski definition) is 0. The van der Waals surface area contributed by atoms with Gasteiger partial charge in [0.2, 0.25) is 0 Å². The van der Waals surface area contributed by atoms with Crippen LogP contribution in [0.4, 0.5) is 0 Å². The van der Waals surface area contributed by atoms with Crippen molar-refractivity contribution in [2.75, 3.05) is 0 Å². The van der Waals surface area contributed by atoms with Crippen LogP contribution in [0.25, 0.3) is 0 Å². The molecule has 2 heteroatoms. The number of hydrogen-bond donors (Lipinski definition) is 0. The zero-order chi connectivity index (χ0) is 4.31. The van der Waals surface area contributed by atoms with Gasteiger partial charge in [-0.2, -0.15) is 0 Å². The SMILES string of the molecule is BrC1C2C(Br)C12. The van der Waals surface area contributed by atoms with E-state index in [1.807, 2.05) is 0 Å². The molecule has 0 saturated heterocycles. The first-order valence-electron chi connectivity index (χ1n) is 2.10. The Morgan fingerprint density at radius 1 is 0.833 bits per heavy atom. The summed E-state index contributed by atoms with van der Waals surface area (Å²) < 4.78 is 0. The van der Waals surface area contributed by atoms with Gasteiger partial charge in [0.1, 0.15) is 0 Å². The van der Waals surface area contributed by atoms with Crippen molar-refractivity contribution in [3.63, 3.8) is 0 Å². The summed E-state index contributed by atoms with van der Waals surface area (Å²) in [6.07, 6.45) is 0. The Morgan fingerprint density at radius 2 is 1.17 bits per heavy atom. The maximum Gasteiger partial charge on any atom is 0.0230 e. The third-order valence-corrected chi connectivity index (χ3v) is 4.08. The molecule has 0 aromatic heterocycles. The van der Waals surface area contributed by atoms with Crippen LogP contribution >= 0.6 is 31.9 Å². The Morgan fingerprint density at radius 3 is 1.17 bits per heavy atom. The molecule has 0 aromatic rings. The molecule has 0 aromatic carbocycles. The first-order chi connectivity index (χ1) is 2.82. The van der Waals surface area contributed by atoms with Gasteiger partial charge in [0.25, 0.3) is 0 Å². The fraction of sp³-hybridized carbons (Fsp3) is 1.00. The molecule has 2 aliphatic rings. The third kappa shape index (κ3) is 0.270. The van der Waals surface area contributed by atoms with Crippen molar-refractivity contribution in [3.8, 4) is 0 Å². The number of alkyl halides is 2. The largest absolute Gasteiger partial charge is 0.0884 e. The van der Waals surface area contributed by atoms with Crippen LogP contribution in [0.1, 0.15) is 0 Å². The van der Waals surface area contributed by atoms with Crippen molar-refractivity contribution in [1.29, 1.82) is 0 Å². The van der Waals surface area contributed by atoms with Crippen molar-refractivity contribution in [2.24, 2.45) is 11.8 Å². The lowest BCUT2D eigenvalue weighted by Gasteiger charge is -1.91. The lowest BCUT2D eigenvalue weighted by Crippen LogP contribution is -1.93. The first-order valence-corrected chi connectivity index (χ1v) is 3.93. The predicted octanol–water partition coefficient (Wildman–Crippen LogP) is 1.77. The Balaban J connectivity index is 2.06. The van der Waals surface area contributed by atoms with E-state index in [9.17, 15) is 0 Å². The highest BCUT2D eigenvalue weighted by atomic mass is 79.9. The van der Waals surface area contributed by atoms with Crippen molar-refractivity contribution < 1.29 is 0 Å². The molecule has 0 heterocycles. The predicted molar refractivity (Wildman–Crippen MR) is 32.4 cm³/mol. The molecule has 0 nitrogen and oxygen atoms in total. The molecule has 2 saturated carbocycles. The number of fused-ring (bicyclic) bond motifs is 1. The highest BCUT2D eigenvalue weighted by molar-refractivity contribution is 9.11. The van der Waals surface area contributed by atoms with E-state index in [0.717, 1.165) is 21.5 Å². The molecule has 0 bridgehead atoms. The minimum atomic E-state index is 0.891. The summed E-state index contributed by atoms with van der Waals surface area (Å²) in [5.74, 6) is 2.04. The molecule has 0 amide bonds. The van der Waals surface area contributed by atoms with Gasteiger partial charge in [0, 0.05) is 9.65 Å². The number of halogens is 2. The van der Waals surface area contributed by atoms with Gasteiger partial charge in [0.15, 0.2) is 0 Å². The average Bonchev–Trinajstić information content (AvgIpc) is 2.28. The summed E-state index contributed by atoms with van der Waals surface area (Å²) in [7, 11) is 0. The van der Waals surface area contributed by atoms with E-state index >= 15 is 0 Å². The van der Waals surface area contributed by atoms with Gasteiger partial charge in [-0.1, -0.05) is 31.9 Å². The monoisotopic (exact) mass is 210 g/mol. The van der Waals surface area contributed by atoms with Crippen molar-refractivity contribution >= 4 is 31.9 Å². The van der Waals surface area contributed by atoms with E-state index in [2.05, 4.69) is 31.9 Å². The van der Waals surface area contributed by atoms with Crippen LogP contribution in [-0.4, -0.2) is 9.65 Å². The van der Waals surface area contributed by atoms with Crippen molar-refractivity contribution in [2.45, 2.75) is 9.65 Å². The van der Waals surface area contributed by atoms with Crippen LogP contribution < -0.4 is 0 Å². The lowest BCUT2D eigenvalue weighted by molar-refractivity contribution is 0.977. The van der Waals surface area contributed by atoms with E-state index in [1.165, 1.54) is 0 Å². The van der Waals surface area contributed by atoms with Gasteiger partial charge < -0.3 is 0 Å². The van der Waals surface area contributed by atoms with E-state index in [-0.39, 0.29) is 0 Å². The molecule has 0 aliphatic heterocycles. The van der Waals surface area contributed by atoms with Crippen LogP contribution in [0, 0.1) is 11.8 Å². The molecular weight excluding hydrogens is 208 g/mol. The molecule has 2 rings (SSSR count). The van der Waals surface area contributed by atoms with E-state index < -0.39 is 0 Å². The van der Waals surface area contributed by atoms with Crippen molar-refractivity contribution in [1.82, 2.24) is 0 Å². The van der Waals surface area contributed by atoms with E-state index in [4.69, 9.17) is 0 Å². The molecule has 34 valence electrons.